The van der Waals surface area contributed by atoms with Gasteiger partial charge in [0.2, 0.25) is 0 Å². The molecule has 0 radical (unpaired) electrons. The van der Waals surface area contributed by atoms with E-state index in [1.165, 1.54) is 13.2 Å². The Hall–Kier alpha value is -1.29. The lowest BCUT2D eigenvalue weighted by Crippen LogP contribution is -2.15. The lowest BCUT2D eigenvalue weighted by Gasteiger charge is -2.17. The van der Waals surface area contributed by atoms with Crippen LogP contribution < -0.4 is 10.5 Å². The molecule has 0 fully saturated rings. The first-order chi connectivity index (χ1) is 9.04. The summed E-state index contributed by atoms with van der Waals surface area (Å²) in [6, 6.07) is 8.87. The Bertz CT molecular complexity index is 604. The van der Waals surface area contributed by atoms with Gasteiger partial charge < -0.3 is 10.5 Å². The fourth-order valence-corrected chi connectivity index (χ4v) is 2.18. The molecule has 2 rings (SSSR count). The lowest BCUT2D eigenvalue weighted by molar-refractivity contribution is 0.402. The number of halogens is 3. The summed E-state index contributed by atoms with van der Waals surface area (Å²) in [5.74, 6) is -0.0171. The molecule has 0 aliphatic heterocycles. The number of methoxy groups -OCH3 is 1. The Morgan fingerprint density at radius 1 is 1.16 bits per heavy atom. The van der Waals surface area contributed by atoms with E-state index < -0.39 is 11.9 Å². The second-order valence-electron chi connectivity index (χ2n) is 4.01. The van der Waals surface area contributed by atoms with Crippen molar-refractivity contribution >= 4 is 23.2 Å². The molecule has 0 saturated carbocycles. The van der Waals surface area contributed by atoms with Crippen molar-refractivity contribution in [2.24, 2.45) is 5.73 Å². The molecule has 0 bridgehead atoms. The van der Waals surface area contributed by atoms with E-state index in [2.05, 4.69) is 0 Å². The fourth-order valence-electron chi connectivity index (χ4n) is 1.87. The Kier molecular flexibility index (Phi) is 4.30. The molecule has 1 atom stereocenters. The smallest absolute Gasteiger partial charge is 0.132 e. The third-order valence-electron chi connectivity index (χ3n) is 2.85. The van der Waals surface area contributed by atoms with Crippen LogP contribution in [0.25, 0.3) is 0 Å². The molecule has 2 aromatic carbocycles. The van der Waals surface area contributed by atoms with Crippen LogP contribution in [-0.4, -0.2) is 7.11 Å². The average molecular weight is 300 g/mol. The van der Waals surface area contributed by atoms with Crippen LogP contribution in [0, 0.1) is 5.82 Å². The second-order valence-corrected chi connectivity index (χ2v) is 4.82. The predicted molar refractivity (Wildman–Crippen MR) is 75.4 cm³/mol. The van der Waals surface area contributed by atoms with Crippen LogP contribution in [-0.2, 0) is 0 Å². The van der Waals surface area contributed by atoms with E-state index in [-0.39, 0.29) is 0 Å². The van der Waals surface area contributed by atoms with Crippen molar-refractivity contribution in [3.8, 4) is 5.75 Å². The van der Waals surface area contributed by atoms with E-state index in [4.69, 9.17) is 33.7 Å². The monoisotopic (exact) mass is 299 g/mol. The van der Waals surface area contributed by atoms with E-state index in [1.54, 1.807) is 30.3 Å². The largest absolute Gasteiger partial charge is 0.496 e. The number of rotatable bonds is 3. The summed E-state index contributed by atoms with van der Waals surface area (Å²) < 4.78 is 19.1. The van der Waals surface area contributed by atoms with Crippen LogP contribution in [0.2, 0.25) is 10.0 Å². The van der Waals surface area contributed by atoms with Gasteiger partial charge in [-0.1, -0.05) is 35.3 Å². The van der Waals surface area contributed by atoms with E-state index in [1.807, 2.05) is 0 Å². The summed E-state index contributed by atoms with van der Waals surface area (Å²) in [6.07, 6.45) is 0. The third-order valence-corrected chi connectivity index (χ3v) is 3.59. The zero-order valence-electron chi connectivity index (χ0n) is 10.2. The molecule has 0 spiro atoms. The summed E-state index contributed by atoms with van der Waals surface area (Å²) in [5.41, 5.74) is 7.05. The number of nitrogens with two attached hydrogens (primary N) is 1. The average Bonchev–Trinajstić information content (AvgIpc) is 2.40. The van der Waals surface area contributed by atoms with Gasteiger partial charge in [-0.3, -0.25) is 0 Å². The summed E-state index contributed by atoms with van der Waals surface area (Å²) in [6.45, 7) is 0. The lowest BCUT2D eigenvalue weighted by atomic mass is 9.98. The first-order valence-corrected chi connectivity index (χ1v) is 6.33. The number of benzene rings is 2. The van der Waals surface area contributed by atoms with Gasteiger partial charge in [0.15, 0.2) is 0 Å². The number of hydrogen-bond donors (Lipinski definition) is 1. The molecule has 2 aromatic rings. The van der Waals surface area contributed by atoms with Crippen LogP contribution in [0.3, 0.4) is 0 Å². The molecule has 0 amide bonds. The SMILES string of the molecule is COc1cccc(F)c1C(N)c1ccc(Cl)c(Cl)c1. The summed E-state index contributed by atoms with van der Waals surface area (Å²) in [7, 11) is 1.47. The summed E-state index contributed by atoms with van der Waals surface area (Å²) in [4.78, 5) is 0. The van der Waals surface area contributed by atoms with Gasteiger partial charge in [0.1, 0.15) is 11.6 Å². The van der Waals surface area contributed by atoms with Crippen molar-refractivity contribution in [3.05, 3.63) is 63.4 Å². The Labute approximate surface area is 120 Å². The van der Waals surface area contributed by atoms with Crippen molar-refractivity contribution in [2.75, 3.05) is 7.11 Å². The summed E-state index contributed by atoms with van der Waals surface area (Å²) >= 11 is 11.8. The van der Waals surface area contributed by atoms with Crippen molar-refractivity contribution in [3.63, 3.8) is 0 Å². The first-order valence-electron chi connectivity index (χ1n) is 5.57. The molecule has 0 heterocycles. The number of hydrogen-bond acceptors (Lipinski definition) is 2. The maximum Gasteiger partial charge on any atom is 0.132 e. The normalized spacial score (nSPS) is 12.3. The summed E-state index contributed by atoms with van der Waals surface area (Å²) in [5, 5.41) is 0.808. The van der Waals surface area contributed by atoms with E-state index >= 15 is 0 Å². The molecule has 0 aliphatic carbocycles. The van der Waals surface area contributed by atoms with Crippen molar-refractivity contribution in [1.29, 1.82) is 0 Å². The van der Waals surface area contributed by atoms with Gasteiger partial charge in [0.05, 0.1) is 28.8 Å². The zero-order valence-corrected chi connectivity index (χ0v) is 11.7. The van der Waals surface area contributed by atoms with Gasteiger partial charge in [0.25, 0.3) is 0 Å². The topological polar surface area (TPSA) is 35.2 Å². The standard InChI is InChI=1S/C14H12Cl2FNO/c1-19-12-4-2-3-11(17)13(12)14(18)8-5-6-9(15)10(16)7-8/h2-7,14H,18H2,1H3. The van der Waals surface area contributed by atoms with E-state index in [0.29, 0.717) is 26.9 Å². The Morgan fingerprint density at radius 3 is 2.53 bits per heavy atom. The number of ether oxygens (including phenoxy) is 1. The van der Waals surface area contributed by atoms with Gasteiger partial charge >= 0.3 is 0 Å². The molecule has 0 aliphatic rings. The van der Waals surface area contributed by atoms with Gasteiger partial charge in [-0.15, -0.1) is 0 Å². The van der Waals surface area contributed by atoms with Crippen LogP contribution in [0.1, 0.15) is 17.2 Å². The minimum absolute atomic E-state index is 0.295. The fraction of sp³-hybridized carbons (Fsp3) is 0.143. The maximum absolute atomic E-state index is 13.9. The third kappa shape index (κ3) is 2.84. The van der Waals surface area contributed by atoms with Crippen molar-refractivity contribution < 1.29 is 9.13 Å². The van der Waals surface area contributed by atoms with Crippen LogP contribution in [0.5, 0.6) is 5.75 Å². The molecular weight excluding hydrogens is 288 g/mol. The molecule has 0 saturated heterocycles. The highest BCUT2D eigenvalue weighted by Crippen LogP contribution is 2.33. The van der Waals surface area contributed by atoms with Gasteiger partial charge in [-0.25, -0.2) is 4.39 Å². The maximum atomic E-state index is 13.9. The molecule has 5 heteroatoms. The van der Waals surface area contributed by atoms with Crippen molar-refractivity contribution in [2.45, 2.75) is 6.04 Å². The zero-order chi connectivity index (χ0) is 14.0. The highest BCUT2D eigenvalue weighted by Gasteiger charge is 2.19. The van der Waals surface area contributed by atoms with Gasteiger partial charge in [-0.2, -0.15) is 0 Å². The molecule has 19 heavy (non-hydrogen) atoms. The van der Waals surface area contributed by atoms with E-state index in [0.717, 1.165) is 0 Å². The molecule has 0 aromatic heterocycles. The quantitative estimate of drug-likeness (QED) is 0.922. The van der Waals surface area contributed by atoms with Gasteiger partial charge in [-0.05, 0) is 29.8 Å². The molecular formula is C14H12Cl2FNO. The molecule has 2 nitrogen and oxygen atoms in total. The van der Waals surface area contributed by atoms with Crippen LogP contribution in [0.15, 0.2) is 36.4 Å². The highest BCUT2D eigenvalue weighted by atomic mass is 35.5. The minimum atomic E-state index is -0.675. The second kappa shape index (κ2) is 5.78. The minimum Gasteiger partial charge on any atom is -0.496 e. The molecule has 2 N–H and O–H groups in total. The van der Waals surface area contributed by atoms with Crippen LogP contribution >= 0.6 is 23.2 Å². The molecule has 100 valence electrons. The first kappa shape index (κ1) is 14.1. The van der Waals surface area contributed by atoms with Crippen LogP contribution in [0.4, 0.5) is 4.39 Å². The van der Waals surface area contributed by atoms with Gasteiger partial charge in [0, 0.05) is 0 Å². The van der Waals surface area contributed by atoms with E-state index in [9.17, 15) is 4.39 Å². The molecule has 1 unspecified atom stereocenters. The predicted octanol–water partition coefficient (Wildman–Crippen LogP) is 4.19. The Balaban J connectivity index is 2.49. The highest BCUT2D eigenvalue weighted by molar-refractivity contribution is 6.42. The van der Waals surface area contributed by atoms with Crippen molar-refractivity contribution in [1.82, 2.24) is 0 Å². The Morgan fingerprint density at radius 2 is 1.89 bits per heavy atom.